The minimum Gasteiger partial charge on any atom is -0.366 e. The Morgan fingerprint density at radius 3 is 2.77 bits per heavy atom. The fraction of sp³-hybridized carbons (Fsp3) is 0.0909. The van der Waals surface area contributed by atoms with Crippen LogP contribution >= 0.6 is 11.6 Å². The van der Waals surface area contributed by atoms with E-state index in [1.165, 1.54) is 6.20 Å². The molecule has 30 heavy (non-hydrogen) atoms. The first-order chi connectivity index (χ1) is 14.5. The van der Waals surface area contributed by atoms with Crippen molar-refractivity contribution < 1.29 is 9.59 Å². The molecule has 8 heteroatoms. The molecule has 0 saturated heterocycles. The molecule has 0 bridgehead atoms. The zero-order chi connectivity index (χ0) is 21.1. The summed E-state index contributed by atoms with van der Waals surface area (Å²) in [4.78, 5) is 28.4. The highest BCUT2D eigenvalue weighted by Gasteiger charge is 2.12. The van der Waals surface area contributed by atoms with E-state index in [4.69, 9.17) is 17.3 Å². The molecular formula is C22H18ClN5O2. The molecule has 0 radical (unpaired) electrons. The third kappa shape index (κ3) is 4.16. The van der Waals surface area contributed by atoms with E-state index in [0.29, 0.717) is 28.3 Å². The summed E-state index contributed by atoms with van der Waals surface area (Å²) < 4.78 is 0. The molecule has 2 amide bonds. The Bertz CT molecular complexity index is 1250. The number of nitrogens with two attached hydrogens (primary N) is 1. The van der Waals surface area contributed by atoms with Crippen LogP contribution in [0.25, 0.3) is 10.9 Å². The summed E-state index contributed by atoms with van der Waals surface area (Å²) in [6.45, 7) is 0.244. The normalized spacial score (nSPS) is 10.8. The number of benzene rings is 2. The van der Waals surface area contributed by atoms with Crippen LogP contribution in [0.3, 0.4) is 0 Å². The second-order valence-corrected chi connectivity index (χ2v) is 7.26. The quantitative estimate of drug-likeness (QED) is 0.445. The Hall–Kier alpha value is -3.71. The van der Waals surface area contributed by atoms with E-state index in [2.05, 4.69) is 20.5 Å². The molecule has 0 aliphatic heterocycles. The molecule has 2 heterocycles. The van der Waals surface area contributed by atoms with Crippen LogP contribution in [-0.4, -0.2) is 27.0 Å². The summed E-state index contributed by atoms with van der Waals surface area (Å²) in [5.41, 5.74) is 9.44. The van der Waals surface area contributed by atoms with E-state index in [1.807, 2.05) is 18.2 Å². The van der Waals surface area contributed by atoms with E-state index in [9.17, 15) is 9.59 Å². The number of hydrogen-bond donors (Lipinski definition) is 3. The number of rotatable bonds is 6. The van der Waals surface area contributed by atoms with Crippen LogP contribution in [0, 0.1) is 0 Å². The standard InChI is InChI=1S/C22H18ClN5O2/c23-16-5-6-19-18(9-16)20(28-27-19)12-26-22(30)15-8-13(10-25-11-15)7-14-3-1-2-4-17(14)21(24)29/h1-6,8-11H,7,12H2,(H2,24,29)(H,26,30)(H,27,28). The highest BCUT2D eigenvalue weighted by atomic mass is 35.5. The van der Waals surface area contributed by atoms with Crippen LogP contribution < -0.4 is 11.1 Å². The third-order valence-corrected chi connectivity index (χ3v) is 4.99. The number of carbonyl (C=O) groups excluding carboxylic acids is 2. The van der Waals surface area contributed by atoms with Gasteiger partial charge in [-0.25, -0.2) is 0 Å². The number of aromatic nitrogens is 3. The molecule has 0 aliphatic rings. The summed E-state index contributed by atoms with van der Waals surface area (Å²) in [5, 5.41) is 11.5. The van der Waals surface area contributed by atoms with Crippen LogP contribution in [0.5, 0.6) is 0 Å². The lowest BCUT2D eigenvalue weighted by atomic mass is 9.99. The predicted octanol–water partition coefficient (Wildman–Crippen LogP) is 3.23. The molecule has 2 aromatic heterocycles. The van der Waals surface area contributed by atoms with Crippen molar-refractivity contribution in [2.24, 2.45) is 5.73 Å². The molecule has 0 spiro atoms. The van der Waals surface area contributed by atoms with Crippen LogP contribution in [-0.2, 0) is 13.0 Å². The molecule has 0 saturated carbocycles. The maximum absolute atomic E-state index is 12.6. The van der Waals surface area contributed by atoms with Crippen molar-refractivity contribution in [2.45, 2.75) is 13.0 Å². The van der Waals surface area contributed by atoms with Gasteiger partial charge in [-0.3, -0.25) is 19.7 Å². The Balaban J connectivity index is 1.49. The highest BCUT2D eigenvalue weighted by Crippen LogP contribution is 2.20. The van der Waals surface area contributed by atoms with Crippen molar-refractivity contribution in [3.05, 3.63) is 93.9 Å². The second-order valence-electron chi connectivity index (χ2n) is 6.82. The molecule has 4 rings (SSSR count). The van der Waals surface area contributed by atoms with E-state index in [1.54, 1.807) is 36.5 Å². The lowest BCUT2D eigenvalue weighted by Crippen LogP contribution is -2.23. The Morgan fingerprint density at radius 2 is 1.93 bits per heavy atom. The maximum atomic E-state index is 12.6. The van der Waals surface area contributed by atoms with Gasteiger partial charge in [0.15, 0.2) is 0 Å². The topological polar surface area (TPSA) is 114 Å². The van der Waals surface area contributed by atoms with Gasteiger partial charge in [0.25, 0.3) is 5.91 Å². The van der Waals surface area contributed by atoms with Crippen LogP contribution in [0.15, 0.2) is 60.9 Å². The van der Waals surface area contributed by atoms with Gasteiger partial charge in [0.2, 0.25) is 5.91 Å². The van der Waals surface area contributed by atoms with Crippen LogP contribution in [0.1, 0.15) is 37.5 Å². The van der Waals surface area contributed by atoms with Gasteiger partial charge in [0, 0.05) is 28.4 Å². The van der Waals surface area contributed by atoms with E-state index < -0.39 is 5.91 Å². The number of hydrogen-bond acceptors (Lipinski definition) is 4. The van der Waals surface area contributed by atoms with Gasteiger partial charge in [0.05, 0.1) is 23.3 Å². The van der Waals surface area contributed by atoms with Crippen molar-refractivity contribution in [3.8, 4) is 0 Å². The second kappa shape index (κ2) is 8.34. The van der Waals surface area contributed by atoms with E-state index in [-0.39, 0.29) is 12.5 Å². The van der Waals surface area contributed by atoms with E-state index >= 15 is 0 Å². The first kappa shape index (κ1) is 19.6. The summed E-state index contributed by atoms with van der Waals surface area (Å²) in [6.07, 6.45) is 3.60. The minimum absolute atomic E-state index is 0.244. The molecule has 4 aromatic rings. The zero-order valence-electron chi connectivity index (χ0n) is 15.9. The number of pyridine rings is 1. The lowest BCUT2D eigenvalue weighted by Gasteiger charge is -2.08. The summed E-state index contributed by atoms with van der Waals surface area (Å²) in [7, 11) is 0. The first-order valence-electron chi connectivity index (χ1n) is 9.23. The van der Waals surface area contributed by atoms with Crippen molar-refractivity contribution in [1.82, 2.24) is 20.5 Å². The zero-order valence-corrected chi connectivity index (χ0v) is 16.6. The number of halogens is 1. The fourth-order valence-electron chi connectivity index (χ4n) is 3.28. The lowest BCUT2D eigenvalue weighted by molar-refractivity contribution is 0.0948. The first-order valence-corrected chi connectivity index (χ1v) is 9.61. The van der Waals surface area contributed by atoms with Gasteiger partial charge in [0.1, 0.15) is 0 Å². The number of nitrogens with one attached hydrogen (secondary N) is 2. The van der Waals surface area contributed by atoms with Crippen LogP contribution in [0.2, 0.25) is 5.02 Å². The van der Waals surface area contributed by atoms with Gasteiger partial charge in [-0.1, -0.05) is 29.8 Å². The average Bonchev–Trinajstić information content (AvgIpc) is 3.14. The maximum Gasteiger partial charge on any atom is 0.253 e. The SMILES string of the molecule is NC(=O)c1ccccc1Cc1cncc(C(=O)NCc2n[nH]c3ccc(Cl)cc23)c1. The van der Waals surface area contributed by atoms with Gasteiger partial charge < -0.3 is 11.1 Å². The van der Waals surface area contributed by atoms with E-state index in [0.717, 1.165) is 22.0 Å². The largest absolute Gasteiger partial charge is 0.366 e. The summed E-state index contributed by atoms with van der Waals surface area (Å²) in [5.74, 6) is -0.760. The number of H-pyrrole nitrogens is 1. The van der Waals surface area contributed by atoms with Crippen LogP contribution in [0.4, 0.5) is 0 Å². The number of fused-ring (bicyclic) bond motifs is 1. The van der Waals surface area contributed by atoms with Crippen molar-refractivity contribution in [1.29, 1.82) is 0 Å². The monoisotopic (exact) mass is 419 g/mol. The number of aromatic amines is 1. The summed E-state index contributed by atoms with van der Waals surface area (Å²) in [6, 6.07) is 14.3. The minimum atomic E-state index is -0.487. The Kier molecular flexibility index (Phi) is 5.45. The third-order valence-electron chi connectivity index (χ3n) is 4.75. The smallest absolute Gasteiger partial charge is 0.253 e. The van der Waals surface area contributed by atoms with Gasteiger partial charge in [-0.2, -0.15) is 5.10 Å². The molecular weight excluding hydrogens is 402 g/mol. The molecule has 0 fully saturated rings. The van der Waals surface area contributed by atoms with Crippen molar-refractivity contribution in [2.75, 3.05) is 0 Å². The summed E-state index contributed by atoms with van der Waals surface area (Å²) >= 11 is 6.05. The molecule has 0 atom stereocenters. The number of carbonyl (C=O) groups is 2. The van der Waals surface area contributed by atoms with Gasteiger partial charge >= 0.3 is 0 Å². The molecule has 0 aliphatic carbocycles. The molecule has 4 N–H and O–H groups in total. The molecule has 0 unspecified atom stereocenters. The van der Waals surface area contributed by atoms with Crippen molar-refractivity contribution >= 4 is 34.3 Å². The van der Waals surface area contributed by atoms with Crippen molar-refractivity contribution in [3.63, 3.8) is 0 Å². The Labute approximate surface area is 177 Å². The Morgan fingerprint density at radius 1 is 1.10 bits per heavy atom. The number of primary amides is 1. The van der Waals surface area contributed by atoms with Gasteiger partial charge in [-0.15, -0.1) is 0 Å². The highest BCUT2D eigenvalue weighted by molar-refractivity contribution is 6.31. The number of amides is 2. The van der Waals surface area contributed by atoms with Gasteiger partial charge in [-0.05, 0) is 47.9 Å². The molecule has 2 aromatic carbocycles. The average molecular weight is 420 g/mol. The molecule has 7 nitrogen and oxygen atoms in total. The predicted molar refractivity (Wildman–Crippen MR) is 114 cm³/mol. The number of nitrogens with zero attached hydrogens (tertiary/aromatic N) is 2. The fourth-order valence-corrected chi connectivity index (χ4v) is 3.46. The molecule has 150 valence electrons.